The molecule has 0 bridgehead atoms. The van der Waals surface area contributed by atoms with E-state index in [1.54, 1.807) is 0 Å². The van der Waals surface area contributed by atoms with E-state index in [1.807, 2.05) is 39.1 Å². The molecular formula is C20H30ClN3O2. The Labute approximate surface area is 161 Å². The number of halogens is 1. The van der Waals surface area contributed by atoms with Gasteiger partial charge in [-0.3, -0.25) is 9.79 Å². The molecule has 1 unspecified atom stereocenters. The van der Waals surface area contributed by atoms with Crippen molar-refractivity contribution < 1.29 is 9.53 Å². The van der Waals surface area contributed by atoms with Crippen LogP contribution < -0.4 is 10.6 Å². The van der Waals surface area contributed by atoms with Gasteiger partial charge in [-0.1, -0.05) is 11.6 Å². The highest BCUT2D eigenvalue weighted by molar-refractivity contribution is 6.30. The molecular weight excluding hydrogens is 350 g/mol. The molecule has 1 aliphatic heterocycles. The number of hydrogen-bond donors (Lipinski definition) is 2. The molecule has 1 aromatic rings. The van der Waals surface area contributed by atoms with Crippen molar-refractivity contribution in [3.63, 3.8) is 0 Å². The maximum absolute atomic E-state index is 12.4. The molecule has 6 heteroatoms. The van der Waals surface area contributed by atoms with Gasteiger partial charge >= 0.3 is 0 Å². The van der Waals surface area contributed by atoms with Crippen LogP contribution >= 0.6 is 11.6 Å². The number of benzene rings is 1. The van der Waals surface area contributed by atoms with Crippen LogP contribution in [0.5, 0.6) is 0 Å². The normalized spacial score (nSPS) is 17.2. The fourth-order valence-electron chi connectivity index (χ4n) is 3.25. The van der Waals surface area contributed by atoms with Gasteiger partial charge < -0.3 is 15.4 Å². The van der Waals surface area contributed by atoms with Crippen molar-refractivity contribution in [1.29, 1.82) is 0 Å². The molecule has 5 nitrogen and oxygen atoms in total. The van der Waals surface area contributed by atoms with Crippen LogP contribution in [-0.2, 0) is 9.53 Å². The minimum atomic E-state index is 0.0825. The van der Waals surface area contributed by atoms with E-state index in [0.717, 1.165) is 49.6 Å². The van der Waals surface area contributed by atoms with Crippen molar-refractivity contribution in [2.24, 2.45) is 10.9 Å². The van der Waals surface area contributed by atoms with Gasteiger partial charge in [0.25, 0.3) is 0 Å². The standard InChI is InChI=1S/C20H30ClN3O2/c1-14-12-17(21)5-6-18(14)23-15(2)4-7-20(25)24-19(13-22-3)16-8-10-26-11-9-16/h5-6,12,16,19,22H,4,7-11,13H2,1-3H3,(H,24,25)/b23-15+. The number of ether oxygens (including phenoxy) is 1. The lowest BCUT2D eigenvalue weighted by atomic mass is 9.91. The second-order valence-electron chi connectivity index (χ2n) is 6.96. The van der Waals surface area contributed by atoms with Crippen molar-refractivity contribution in [3.8, 4) is 0 Å². The van der Waals surface area contributed by atoms with Crippen LogP contribution in [0.25, 0.3) is 0 Å². The van der Waals surface area contributed by atoms with Crippen LogP contribution in [0.4, 0.5) is 5.69 Å². The Balaban J connectivity index is 1.86. The number of carbonyl (C=O) groups excluding carboxylic acids is 1. The van der Waals surface area contributed by atoms with E-state index >= 15 is 0 Å². The van der Waals surface area contributed by atoms with Crippen LogP contribution in [0.2, 0.25) is 5.02 Å². The quantitative estimate of drug-likeness (QED) is 0.677. The lowest BCUT2D eigenvalue weighted by molar-refractivity contribution is -0.122. The number of amides is 1. The Morgan fingerprint density at radius 2 is 2.08 bits per heavy atom. The highest BCUT2D eigenvalue weighted by Crippen LogP contribution is 2.23. The number of rotatable bonds is 8. The molecule has 1 heterocycles. The average Bonchev–Trinajstić information content (AvgIpc) is 2.63. The van der Waals surface area contributed by atoms with Crippen molar-refractivity contribution in [1.82, 2.24) is 10.6 Å². The molecule has 1 aliphatic rings. The lowest BCUT2D eigenvalue weighted by Gasteiger charge is -2.31. The fourth-order valence-corrected chi connectivity index (χ4v) is 3.48. The van der Waals surface area contributed by atoms with E-state index in [-0.39, 0.29) is 11.9 Å². The predicted octanol–water partition coefficient (Wildman–Crippen LogP) is 3.65. The maximum Gasteiger partial charge on any atom is 0.220 e. The number of nitrogens with one attached hydrogen (secondary N) is 2. The number of carbonyl (C=O) groups is 1. The summed E-state index contributed by atoms with van der Waals surface area (Å²) in [4.78, 5) is 17.0. The van der Waals surface area contributed by atoms with E-state index in [9.17, 15) is 4.79 Å². The zero-order valence-corrected chi connectivity index (χ0v) is 16.7. The van der Waals surface area contributed by atoms with E-state index < -0.39 is 0 Å². The molecule has 2 N–H and O–H groups in total. The van der Waals surface area contributed by atoms with E-state index in [0.29, 0.717) is 23.8 Å². The lowest BCUT2D eigenvalue weighted by Crippen LogP contribution is -2.47. The van der Waals surface area contributed by atoms with Crippen molar-refractivity contribution in [2.45, 2.75) is 45.6 Å². The molecule has 0 saturated carbocycles. The molecule has 144 valence electrons. The third-order valence-electron chi connectivity index (χ3n) is 4.79. The summed E-state index contributed by atoms with van der Waals surface area (Å²) in [5.41, 5.74) is 2.89. The van der Waals surface area contributed by atoms with Gasteiger partial charge in [0.15, 0.2) is 0 Å². The molecule has 1 aromatic carbocycles. The van der Waals surface area contributed by atoms with Crippen LogP contribution in [0, 0.1) is 12.8 Å². The highest BCUT2D eigenvalue weighted by atomic mass is 35.5. The van der Waals surface area contributed by atoms with Gasteiger partial charge in [0.1, 0.15) is 0 Å². The summed E-state index contributed by atoms with van der Waals surface area (Å²) in [6.45, 7) is 6.30. The Kier molecular flexibility index (Phi) is 8.55. The molecule has 0 radical (unpaired) electrons. The van der Waals surface area contributed by atoms with Gasteiger partial charge in [0, 0.05) is 43.0 Å². The predicted molar refractivity (Wildman–Crippen MR) is 108 cm³/mol. The van der Waals surface area contributed by atoms with Crippen LogP contribution in [0.3, 0.4) is 0 Å². The second kappa shape index (κ2) is 10.7. The fraction of sp³-hybridized carbons (Fsp3) is 0.600. The SMILES string of the molecule is CNCC(NC(=O)CC/C(C)=N/c1ccc(Cl)cc1C)C1CCOCC1. The monoisotopic (exact) mass is 379 g/mol. The first-order valence-corrected chi connectivity index (χ1v) is 9.69. The Hall–Kier alpha value is -1.43. The van der Waals surface area contributed by atoms with Gasteiger partial charge in [-0.2, -0.15) is 0 Å². The van der Waals surface area contributed by atoms with Crippen molar-refractivity contribution in [2.75, 3.05) is 26.8 Å². The highest BCUT2D eigenvalue weighted by Gasteiger charge is 2.24. The van der Waals surface area contributed by atoms with E-state index in [2.05, 4.69) is 15.6 Å². The number of nitrogens with zero attached hydrogens (tertiary/aromatic N) is 1. The number of likely N-dealkylation sites (N-methyl/N-ethyl adjacent to an activating group) is 1. The van der Waals surface area contributed by atoms with Crippen LogP contribution in [0.15, 0.2) is 23.2 Å². The first kappa shape index (κ1) is 20.9. The van der Waals surface area contributed by atoms with Gasteiger partial charge in [-0.05, 0) is 69.8 Å². The first-order valence-electron chi connectivity index (χ1n) is 9.31. The maximum atomic E-state index is 12.4. The number of aryl methyl sites for hydroxylation is 1. The largest absolute Gasteiger partial charge is 0.381 e. The van der Waals surface area contributed by atoms with Gasteiger partial charge in [0.05, 0.1) is 5.69 Å². The summed E-state index contributed by atoms with van der Waals surface area (Å²) in [5.74, 6) is 0.561. The zero-order valence-electron chi connectivity index (χ0n) is 16.0. The Morgan fingerprint density at radius 3 is 2.73 bits per heavy atom. The third kappa shape index (κ3) is 6.71. The summed E-state index contributed by atoms with van der Waals surface area (Å²) in [6, 6.07) is 5.81. The summed E-state index contributed by atoms with van der Waals surface area (Å²) in [6.07, 6.45) is 3.10. The average molecular weight is 380 g/mol. The minimum absolute atomic E-state index is 0.0825. The van der Waals surface area contributed by atoms with Crippen LogP contribution in [0.1, 0.15) is 38.2 Å². The first-order chi connectivity index (χ1) is 12.5. The second-order valence-corrected chi connectivity index (χ2v) is 7.40. The minimum Gasteiger partial charge on any atom is -0.381 e. The summed E-state index contributed by atoms with van der Waals surface area (Å²) in [5, 5.41) is 7.10. The molecule has 1 fully saturated rings. The van der Waals surface area contributed by atoms with Crippen molar-refractivity contribution in [3.05, 3.63) is 28.8 Å². The molecule has 1 saturated heterocycles. The molecule has 2 rings (SSSR count). The topological polar surface area (TPSA) is 62.7 Å². The molecule has 1 atom stereocenters. The summed E-state index contributed by atoms with van der Waals surface area (Å²) < 4.78 is 5.43. The summed E-state index contributed by atoms with van der Waals surface area (Å²) >= 11 is 5.98. The third-order valence-corrected chi connectivity index (χ3v) is 5.02. The summed E-state index contributed by atoms with van der Waals surface area (Å²) in [7, 11) is 1.92. The van der Waals surface area contributed by atoms with E-state index in [1.165, 1.54) is 0 Å². The number of hydrogen-bond acceptors (Lipinski definition) is 4. The Bertz CT molecular complexity index is 627. The van der Waals surface area contributed by atoms with Crippen molar-refractivity contribution >= 4 is 28.9 Å². The van der Waals surface area contributed by atoms with Gasteiger partial charge in [-0.15, -0.1) is 0 Å². The molecule has 1 amide bonds. The zero-order chi connectivity index (χ0) is 18.9. The molecule has 0 aromatic heterocycles. The molecule has 0 spiro atoms. The molecule has 0 aliphatic carbocycles. The smallest absolute Gasteiger partial charge is 0.220 e. The molecule has 26 heavy (non-hydrogen) atoms. The Morgan fingerprint density at radius 1 is 1.35 bits per heavy atom. The van der Waals surface area contributed by atoms with Gasteiger partial charge in [0.2, 0.25) is 5.91 Å². The van der Waals surface area contributed by atoms with Gasteiger partial charge in [-0.25, -0.2) is 0 Å². The van der Waals surface area contributed by atoms with Crippen LogP contribution in [-0.4, -0.2) is 44.5 Å². The van der Waals surface area contributed by atoms with E-state index in [4.69, 9.17) is 16.3 Å². The number of aliphatic imine (C=N–C) groups is 1.